The first-order chi connectivity index (χ1) is 9.19. The highest BCUT2D eigenvalue weighted by Crippen LogP contribution is 2.20. The molecule has 1 fully saturated rings. The zero-order valence-electron chi connectivity index (χ0n) is 12.5. The van der Waals surface area contributed by atoms with Gasteiger partial charge in [-0.3, -0.25) is 4.90 Å². The van der Waals surface area contributed by atoms with Crippen LogP contribution < -0.4 is 5.32 Å². The van der Waals surface area contributed by atoms with E-state index in [1.54, 1.807) is 0 Å². The van der Waals surface area contributed by atoms with Crippen molar-refractivity contribution in [3.8, 4) is 0 Å². The Morgan fingerprint density at radius 2 is 2.11 bits per heavy atom. The van der Waals surface area contributed by atoms with Gasteiger partial charge >= 0.3 is 0 Å². The maximum atomic E-state index is 3.47. The fourth-order valence-corrected chi connectivity index (χ4v) is 3.62. The molecule has 3 nitrogen and oxygen atoms in total. The number of likely N-dealkylation sites (N-methyl/N-ethyl adjacent to an activating group) is 1. The number of thiophene rings is 1. The quantitative estimate of drug-likeness (QED) is 0.808. The van der Waals surface area contributed by atoms with Gasteiger partial charge < -0.3 is 10.2 Å². The molecule has 1 N–H and O–H groups in total. The zero-order chi connectivity index (χ0) is 13.7. The molecule has 0 amide bonds. The molecule has 1 saturated heterocycles. The van der Waals surface area contributed by atoms with Crippen LogP contribution in [0.3, 0.4) is 0 Å². The Balaban J connectivity index is 1.82. The van der Waals surface area contributed by atoms with Gasteiger partial charge in [0.15, 0.2) is 0 Å². The maximum Gasteiger partial charge on any atom is 0.0331 e. The van der Waals surface area contributed by atoms with E-state index < -0.39 is 0 Å². The molecular weight excluding hydrogens is 254 g/mol. The summed E-state index contributed by atoms with van der Waals surface area (Å²) in [5, 5.41) is 3.47. The van der Waals surface area contributed by atoms with E-state index in [0.29, 0.717) is 6.04 Å². The van der Waals surface area contributed by atoms with Crippen LogP contribution in [0.15, 0.2) is 12.1 Å². The average molecular weight is 281 g/mol. The highest BCUT2D eigenvalue weighted by Gasteiger charge is 2.21. The molecule has 4 heteroatoms. The molecule has 1 unspecified atom stereocenters. The Hall–Kier alpha value is -0.420. The van der Waals surface area contributed by atoms with Gasteiger partial charge in [0, 0.05) is 48.5 Å². The second-order valence-electron chi connectivity index (χ2n) is 5.63. The summed E-state index contributed by atoms with van der Waals surface area (Å²) in [4.78, 5) is 8.00. The predicted molar refractivity (Wildman–Crippen MR) is 83.7 cm³/mol. The molecule has 1 aliphatic heterocycles. The number of nitrogens with zero attached hydrogens (tertiary/aromatic N) is 2. The maximum absolute atomic E-state index is 3.47. The van der Waals surface area contributed by atoms with Crippen LogP contribution in [0.25, 0.3) is 0 Å². The molecule has 2 heterocycles. The smallest absolute Gasteiger partial charge is 0.0331 e. The van der Waals surface area contributed by atoms with Gasteiger partial charge in [-0.2, -0.15) is 0 Å². The first-order valence-electron chi connectivity index (χ1n) is 7.40. The van der Waals surface area contributed by atoms with Crippen molar-refractivity contribution in [1.82, 2.24) is 15.1 Å². The largest absolute Gasteiger partial charge is 0.312 e. The summed E-state index contributed by atoms with van der Waals surface area (Å²) in [5.41, 5.74) is 0. The standard InChI is InChI=1S/C15H27N3S/c1-4-7-16-10-14-5-6-15(19-14)12-18-9-8-17(3)11-13(18)2/h5-6,13,16H,4,7-12H2,1-3H3. The van der Waals surface area contributed by atoms with Gasteiger partial charge in [-0.15, -0.1) is 11.3 Å². The lowest BCUT2D eigenvalue weighted by atomic mass is 10.2. The molecule has 1 aromatic heterocycles. The summed E-state index contributed by atoms with van der Waals surface area (Å²) in [7, 11) is 2.22. The van der Waals surface area contributed by atoms with Gasteiger partial charge in [-0.1, -0.05) is 6.92 Å². The normalized spacial score (nSPS) is 21.9. The number of hydrogen-bond acceptors (Lipinski definition) is 4. The molecule has 0 aliphatic carbocycles. The van der Waals surface area contributed by atoms with Gasteiger partial charge in [0.1, 0.15) is 0 Å². The van der Waals surface area contributed by atoms with E-state index in [0.717, 1.165) is 19.6 Å². The van der Waals surface area contributed by atoms with Crippen LogP contribution in [0.1, 0.15) is 30.0 Å². The van der Waals surface area contributed by atoms with Gasteiger partial charge in [-0.05, 0) is 39.1 Å². The molecule has 1 aliphatic rings. The molecule has 0 aromatic carbocycles. The van der Waals surface area contributed by atoms with Gasteiger partial charge in [0.2, 0.25) is 0 Å². The highest BCUT2D eigenvalue weighted by atomic mass is 32.1. The first kappa shape index (κ1) is 15.0. The SMILES string of the molecule is CCCNCc1ccc(CN2CCN(C)CC2C)s1. The second-order valence-corrected chi connectivity index (χ2v) is 6.88. The molecule has 0 bridgehead atoms. The lowest BCUT2D eigenvalue weighted by Gasteiger charge is -2.37. The Kier molecular flexibility index (Phi) is 5.82. The Morgan fingerprint density at radius 1 is 1.32 bits per heavy atom. The summed E-state index contributed by atoms with van der Waals surface area (Å²) >= 11 is 1.96. The van der Waals surface area contributed by atoms with Crippen molar-refractivity contribution < 1.29 is 0 Å². The minimum absolute atomic E-state index is 0.669. The van der Waals surface area contributed by atoms with Crippen LogP contribution in [0.4, 0.5) is 0 Å². The summed E-state index contributed by atoms with van der Waals surface area (Å²) in [6, 6.07) is 5.25. The van der Waals surface area contributed by atoms with E-state index in [2.05, 4.69) is 48.1 Å². The fourth-order valence-electron chi connectivity index (χ4n) is 2.60. The Bertz CT molecular complexity index is 377. The summed E-state index contributed by atoms with van der Waals surface area (Å²) in [5.74, 6) is 0. The highest BCUT2D eigenvalue weighted by molar-refractivity contribution is 7.11. The second kappa shape index (κ2) is 7.39. The van der Waals surface area contributed by atoms with Crippen molar-refractivity contribution >= 4 is 11.3 Å². The number of hydrogen-bond donors (Lipinski definition) is 1. The van der Waals surface area contributed by atoms with Crippen molar-refractivity contribution in [2.75, 3.05) is 33.2 Å². The molecule has 0 saturated carbocycles. The van der Waals surface area contributed by atoms with Crippen LogP contribution in [-0.2, 0) is 13.1 Å². The minimum atomic E-state index is 0.669. The average Bonchev–Trinajstić information content (AvgIpc) is 2.81. The summed E-state index contributed by atoms with van der Waals surface area (Å²) in [6.07, 6.45) is 1.21. The third-order valence-corrected chi connectivity index (χ3v) is 4.84. The van der Waals surface area contributed by atoms with Gasteiger partial charge in [0.25, 0.3) is 0 Å². The van der Waals surface area contributed by atoms with Gasteiger partial charge in [-0.25, -0.2) is 0 Å². The van der Waals surface area contributed by atoms with Crippen LogP contribution in [0.2, 0.25) is 0 Å². The lowest BCUT2D eigenvalue weighted by Crippen LogP contribution is -2.49. The van der Waals surface area contributed by atoms with E-state index >= 15 is 0 Å². The van der Waals surface area contributed by atoms with Crippen molar-refractivity contribution in [1.29, 1.82) is 0 Å². The van der Waals surface area contributed by atoms with Crippen molar-refractivity contribution in [3.05, 3.63) is 21.9 Å². The molecule has 1 aromatic rings. The van der Waals surface area contributed by atoms with Crippen molar-refractivity contribution in [2.24, 2.45) is 0 Å². The molecule has 1 atom stereocenters. The van der Waals surface area contributed by atoms with Crippen LogP contribution in [-0.4, -0.2) is 49.1 Å². The number of nitrogens with one attached hydrogen (secondary N) is 1. The Labute approximate surface area is 121 Å². The van der Waals surface area contributed by atoms with Crippen LogP contribution >= 0.6 is 11.3 Å². The third-order valence-electron chi connectivity index (χ3n) is 3.77. The van der Waals surface area contributed by atoms with E-state index in [9.17, 15) is 0 Å². The van der Waals surface area contributed by atoms with Crippen molar-refractivity contribution in [2.45, 2.75) is 39.4 Å². The molecule has 0 spiro atoms. The summed E-state index contributed by atoms with van der Waals surface area (Å²) in [6.45, 7) is 11.4. The minimum Gasteiger partial charge on any atom is -0.312 e. The van der Waals surface area contributed by atoms with Crippen molar-refractivity contribution in [3.63, 3.8) is 0 Å². The molecule has 0 radical (unpaired) electrons. The lowest BCUT2D eigenvalue weighted by molar-refractivity contribution is 0.0947. The van der Waals surface area contributed by atoms with Crippen LogP contribution in [0.5, 0.6) is 0 Å². The number of rotatable bonds is 6. The number of piperazine rings is 1. The zero-order valence-corrected chi connectivity index (χ0v) is 13.3. The van der Waals surface area contributed by atoms with E-state index in [1.165, 1.54) is 35.8 Å². The molecule has 2 rings (SSSR count). The van der Waals surface area contributed by atoms with E-state index in [4.69, 9.17) is 0 Å². The van der Waals surface area contributed by atoms with E-state index in [-0.39, 0.29) is 0 Å². The molecular formula is C15H27N3S. The predicted octanol–water partition coefficient (Wildman–Crippen LogP) is 2.38. The molecule has 19 heavy (non-hydrogen) atoms. The van der Waals surface area contributed by atoms with E-state index in [1.807, 2.05) is 11.3 Å². The molecule has 108 valence electrons. The first-order valence-corrected chi connectivity index (χ1v) is 8.21. The van der Waals surface area contributed by atoms with Crippen LogP contribution in [0, 0.1) is 0 Å². The third kappa shape index (κ3) is 4.56. The summed E-state index contributed by atoms with van der Waals surface area (Å²) < 4.78 is 0. The topological polar surface area (TPSA) is 18.5 Å². The Morgan fingerprint density at radius 3 is 2.84 bits per heavy atom. The monoisotopic (exact) mass is 281 g/mol. The fraction of sp³-hybridized carbons (Fsp3) is 0.733. The van der Waals surface area contributed by atoms with Gasteiger partial charge in [0.05, 0.1) is 0 Å².